The van der Waals surface area contributed by atoms with E-state index in [4.69, 9.17) is 26.2 Å². The van der Waals surface area contributed by atoms with Crippen molar-refractivity contribution < 1.29 is 37.4 Å². The first-order valence-corrected chi connectivity index (χ1v) is 15.0. The van der Waals surface area contributed by atoms with Gasteiger partial charge in [0.2, 0.25) is 11.8 Å². The van der Waals surface area contributed by atoms with Gasteiger partial charge in [0.1, 0.15) is 0 Å². The van der Waals surface area contributed by atoms with E-state index in [9.17, 15) is 22.8 Å². The monoisotopic (exact) mass is 649 g/mol. The van der Waals surface area contributed by atoms with E-state index in [0.717, 1.165) is 50.3 Å². The summed E-state index contributed by atoms with van der Waals surface area (Å²) in [5, 5.41) is 11.1. The van der Waals surface area contributed by atoms with Crippen LogP contribution in [0.1, 0.15) is 18.7 Å². The SMILES string of the molecule is CC1(C)C2C(=O)N(Cc3cc4nccc(-c5cc(Cl)cc6ncn(C[C@@H]7CNCCO7)c56)c4s3)C(=O)C21.O=C(O)C(F)(F)F. The summed E-state index contributed by atoms with van der Waals surface area (Å²) in [5.74, 6) is -3.21. The summed E-state index contributed by atoms with van der Waals surface area (Å²) in [6, 6.07) is 7.83. The molecule has 7 rings (SSSR count). The second-order valence-electron chi connectivity index (χ2n) is 11.5. The number of fused-ring (bicyclic) bond motifs is 3. The Labute approximate surface area is 257 Å². The molecule has 3 aliphatic rings. The molecule has 4 aromatic rings. The maximum absolute atomic E-state index is 12.9. The number of aromatic nitrogens is 3. The summed E-state index contributed by atoms with van der Waals surface area (Å²) in [5.41, 5.74) is 4.42. The number of ether oxygens (including phenoxy) is 1. The van der Waals surface area contributed by atoms with Gasteiger partial charge in [-0.25, -0.2) is 9.78 Å². The van der Waals surface area contributed by atoms with Gasteiger partial charge in [0, 0.05) is 40.3 Å². The molecule has 3 atom stereocenters. The number of hydrogen-bond donors (Lipinski definition) is 2. The number of carbonyl (C=O) groups is 3. The molecule has 2 N–H and O–H groups in total. The number of nitrogens with one attached hydrogen (secondary N) is 1. The number of amides is 2. The first-order chi connectivity index (χ1) is 20.8. The Bertz CT molecular complexity index is 1780. The summed E-state index contributed by atoms with van der Waals surface area (Å²) in [6.45, 7) is 7.32. The third-order valence-corrected chi connectivity index (χ3v) is 9.64. The van der Waals surface area contributed by atoms with Gasteiger partial charge in [0.15, 0.2) is 0 Å². The van der Waals surface area contributed by atoms with Crippen molar-refractivity contribution in [2.75, 3.05) is 19.7 Å². The Morgan fingerprint density at radius 3 is 2.50 bits per heavy atom. The second kappa shape index (κ2) is 11.1. The summed E-state index contributed by atoms with van der Waals surface area (Å²) in [7, 11) is 0. The van der Waals surface area contributed by atoms with Crippen LogP contribution in [0.15, 0.2) is 36.8 Å². The van der Waals surface area contributed by atoms with Crippen LogP contribution in [0.5, 0.6) is 0 Å². The minimum atomic E-state index is -5.08. The number of carbonyl (C=O) groups excluding carboxylic acids is 2. The van der Waals surface area contributed by atoms with Crippen molar-refractivity contribution >= 4 is 62.0 Å². The third-order valence-electron chi connectivity index (χ3n) is 8.28. The number of rotatable bonds is 5. The van der Waals surface area contributed by atoms with Crippen molar-refractivity contribution in [3.05, 3.63) is 46.7 Å². The Morgan fingerprint density at radius 2 is 1.86 bits per heavy atom. The lowest BCUT2D eigenvalue weighted by Crippen LogP contribution is -2.40. The zero-order valence-corrected chi connectivity index (χ0v) is 25.1. The van der Waals surface area contributed by atoms with Crippen molar-refractivity contribution in [1.29, 1.82) is 0 Å². The first kappa shape index (κ1) is 30.4. The van der Waals surface area contributed by atoms with Crippen molar-refractivity contribution in [1.82, 2.24) is 24.8 Å². The maximum Gasteiger partial charge on any atom is 0.490 e. The van der Waals surface area contributed by atoms with Crippen molar-refractivity contribution in [2.24, 2.45) is 17.3 Å². The molecule has 2 aliphatic heterocycles. The number of piperidine rings is 1. The van der Waals surface area contributed by atoms with Crippen molar-refractivity contribution in [2.45, 2.75) is 39.2 Å². The normalized spacial score (nSPS) is 22.7. The maximum atomic E-state index is 12.9. The number of morpholine rings is 1. The van der Waals surface area contributed by atoms with E-state index in [-0.39, 0.29) is 41.7 Å². The summed E-state index contributed by atoms with van der Waals surface area (Å²) < 4.78 is 40.8. The van der Waals surface area contributed by atoms with Gasteiger partial charge in [-0.3, -0.25) is 19.5 Å². The summed E-state index contributed by atoms with van der Waals surface area (Å²) in [4.78, 5) is 46.3. The standard InChI is InChI=1S/C27H26ClN5O3S.C2HF3O2/c1-27(2)21-22(27)26(35)33(25(21)34)12-16-9-20-24(37-16)17(3-4-30-20)18-7-14(28)8-19-23(18)32(13-31-19)11-15-10-29-5-6-36-15;3-2(4,5)1(6)7/h3-4,7-9,13,15,21-22,29H,5-6,10-12H2,1-2H3;(H,6,7)/t15-,21?,22?;/m0./s1. The predicted molar refractivity (Wildman–Crippen MR) is 156 cm³/mol. The molecule has 2 unspecified atom stereocenters. The number of likely N-dealkylation sites (tertiary alicyclic amines) is 1. The highest BCUT2D eigenvalue weighted by Crippen LogP contribution is 2.63. The smallest absolute Gasteiger partial charge is 0.475 e. The van der Waals surface area contributed by atoms with E-state index in [0.29, 0.717) is 18.2 Å². The van der Waals surface area contributed by atoms with Crippen LogP contribution in [0.3, 0.4) is 0 Å². The van der Waals surface area contributed by atoms with E-state index >= 15 is 0 Å². The van der Waals surface area contributed by atoms with Gasteiger partial charge in [-0.1, -0.05) is 25.4 Å². The number of alkyl halides is 3. The van der Waals surface area contributed by atoms with Crippen LogP contribution in [0.2, 0.25) is 5.02 Å². The molecule has 44 heavy (non-hydrogen) atoms. The fourth-order valence-corrected chi connectivity index (χ4v) is 7.41. The number of halogens is 4. The van der Waals surface area contributed by atoms with Gasteiger partial charge in [-0.15, -0.1) is 11.3 Å². The predicted octanol–water partition coefficient (Wildman–Crippen LogP) is 4.73. The minimum Gasteiger partial charge on any atom is -0.475 e. The molecule has 0 bridgehead atoms. The van der Waals surface area contributed by atoms with Crippen LogP contribution in [-0.4, -0.2) is 74.3 Å². The van der Waals surface area contributed by atoms with Crippen LogP contribution in [0.4, 0.5) is 13.2 Å². The molecule has 0 spiro atoms. The molecule has 5 heterocycles. The zero-order chi connectivity index (χ0) is 31.6. The Kier molecular flexibility index (Phi) is 7.67. The van der Waals surface area contributed by atoms with Gasteiger partial charge in [-0.05, 0) is 29.7 Å². The molecule has 10 nitrogen and oxygen atoms in total. The molecule has 1 aliphatic carbocycles. The quantitative estimate of drug-likeness (QED) is 0.297. The Hall–Kier alpha value is -3.59. The van der Waals surface area contributed by atoms with Crippen LogP contribution in [0.25, 0.3) is 32.4 Å². The summed E-state index contributed by atoms with van der Waals surface area (Å²) in [6.07, 6.45) is -1.38. The molecule has 1 aromatic carbocycles. The molecule has 15 heteroatoms. The molecule has 2 amide bonds. The molecule has 3 fully saturated rings. The van der Waals surface area contributed by atoms with Crippen molar-refractivity contribution in [3.8, 4) is 11.1 Å². The van der Waals surface area contributed by atoms with E-state index < -0.39 is 12.1 Å². The molecule has 1 saturated carbocycles. The fourth-order valence-electron chi connectivity index (χ4n) is 6.07. The average Bonchev–Trinajstić information content (AvgIpc) is 3.30. The highest BCUT2D eigenvalue weighted by Gasteiger charge is 2.72. The van der Waals surface area contributed by atoms with Gasteiger partial charge >= 0.3 is 12.1 Å². The van der Waals surface area contributed by atoms with Crippen LogP contribution in [0, 0.1) is 17.3 Å². The Morgan fingerprint density at radius 1 is 1.16 bits per heavy atom. The Balaban J connectivity index is 0.000000441. The molecule has 0 radical (unpaired) electrons. The van der Waals surface area contributed by atoms with Crippen LogP contribution in [-0.2, 0) is 32.2 Å². The highest BCUT2D eigenvalue weighted by molar-refractivity contribution is 7.19. The lowest BCUT2D eigenvalue weighted by Gasteiger charge is -2.24. The molecular weight excluding hydrogens is 623 g/mol. The topological polar surface area (TPSA) is 127 Å². The lowest BCUT2D eigenvalue weighted by atomic mass is 10.0. The number of thiophene rings is 1. The molecule has 3 aromatic heterocycles. The number of imidazole rings is 1. The van der Waals surface area contributed by atoms with E-state index in [2.05, 4.69) is 19.9 Å². The van der Waals surface area contributed by atoms with E-state index in [1.165, 1.54) is 4.90 Å². The number of hydrogen-bond acceptors (Lipinski definition) is 8. The number of imide groups is 1. The number of aliphatic carboxylic acids is 1. The van der Waals surface area contributed by atoms with E-state index in [1.54, 1.807) is 17.5 Å². The summed E-state index contributed by atoms with van der Waals surface area (Å²) >= 11 is 8.11. The van der Waals surface area contributed by atoms with Gasteiger partial charge < -0.3 is 19.7 Å². The number of carboxylic acids is 1. The first-order valence-electron chi connectivity index (χ1n) is 13.8. The second-order valence-corrected chi connectivity index (χ2v) is 13.1. The zero-order valence-electron chi connectivity index (χ0n) is 23.5. The average molecular weight is 650 g/mol. The van der Waals surface area contributed by atoms with Crippen LogP contribution < -0.4 is 5.32 Å². The van der Waals surface area contributed by atoms with Gasteiger partial charge in [0.25, 0.3) is 0 Å². The van der Waals surface area contributed by atoms with Gasteiger partial charge in [-0.2, -0.15) is 13.2 Å². The molecule has 2 saturated heterocycles. The largest absolute Gasteiger partial charge is 0.490 e. The fraction of sp³-hybridized carbons (Fsp3) is 0.414. The number of pyridine rings is 1. The number of carboxylic acid groups (broad SMARTS) is 1. The van der Waals surface area contributed by atoms with Gasteiger partial charge in [0.05, 0.1) is 65.2 Å². The minimum absolute atomic E-state index is 0.0505. The highest BCUT2D eigenvalue weighted by atomic mass is 35.5. The number of nitrogens with zero attached hydrogens (tertiary/aromatic N) is 4. The third kappa shape index (κ3) is 5.44. The van der Waals surface area contributed by atoms with Crippen LogP contribution >= 0.6 is 22.9 Å². The lowest BCUT2D eigenvalue weighted by molar-refractivity contribution is -0.192. The van der Waals surface area contributed by atoms with E-state index in [1.807, 2.05) is 44.4 Å². The molecule has 232 valence electrons. The number of benzene rings is 1. The van der Waals surface area contributed by atoms with Crippen molar-refractivity contribution in [3.63, 3.8) is 0 Å². The molecular formula is C29H27ClF3N5O5S.